The lowest BCUT2D eigenvalue weighted by Crippen LogP contribution is -2.35. The number of hydrogen-bond donors (Lipinski definition) is 1. The average molecular weight is 451 g/mol. The van der Waals surface area contributed by atoms with Crippen molar-refractivity contribution < 1.29 is 19.4 Å². The van der Waals surface area contributed by atoms with Crippen molar-refractivity contribution in [3.05, 3.63) is 63.7 Å². The highest BCUT2D eigenvalue weighted by Gasteiger charge is 2.34. The van der Waals surface area contributed by atoms with E-state index in [0.29, 0.717) is 12.3 Å². The number of rotatable bonds is 8. The van der Waals surface area contributed by atoms with Crippen LogP contribution in [-0.2, 0) is 25.8 Å². The van der Waals surface area contributed by atoms with Crippen LogP contribution in [-0.4, -0.2) is 62.1 Å². The molecule has 176 valence electrons. The second kappa shape index (κ2) is 9.98. The molecule has 0 fully saturated rings. The van der Waals surface area contributed by atoms with E-state index in [1.54, 1.807) is 14.2 Å². The van der Waals surface area contributed by atoms with Gasteiger partial charge in [0.2, 0.25) is 0 Å². The molecule has 0 amide bonds. The molecular weight excluding hydrogens is 416 g/mol. The molecule has 0 aliphatic carbocycles. The molecule has 0 spiro atoms. The lowest BCUT2D eigenvalue weighted by molar-refractivity contribution is 0.111. The van der Waals surface area contributed by atoms with Crippen molar-refractivity contribution in [2.24, 2.45) is 0 Å². The molecule has 1 atom stereocenters. The van der Waals surface area contributed by atoms with Gasteiger partial charge in [0.1, 0.15) is 17.2 Å². The van der Waals surface area contributed by atoms with E-state index in [-0.39, 0.29) is 17.4 Å². The van der Waals surface area contributed by atoms with Crippen LogP contribution in [0.1, 0.15) is 51.1 Å². The fourth-order valence-corrected chi connectivity index (χ4v) is 5.27. The topological polar surface area (TPSA) is 62.2 Å². The second-order valence-electron chi connectivity index (χ2n) is 8.90. The fraction of sp³-hybridized carbons (Fsp3) is 0.444. The zero-order chi connectivity index (χ0) is 23.5. The zero-order valence-electron chi connectivity index (χ0n) is 20.1. The van der Waals surface area contributed by atoms with Crippen molar-refractivity contribution in [3.63, 3.8) is 0 Å². The summed E-state index contributed by atoms with van der Waals surface area (Å²) in [7, 11) is 5.37. The summed E-state index contributed by atoms with van der Waals surface area (Å²) in [5.74, 6) is 1.46. The van der Waals surface area contributed by atoms with E-state index in [1.807, 2.05) is 6.07 Å². The Morgan fingerprint density at radius 3 is 2.58 bits per heavy atom. The summed E-state index contributed by atoms with van der Waals surface area (Å²) in [5, 5.41) is 11.3. The molecule has 33 heavy (non-hydrogen) atoms. The van der Waals surface area contributed by atoms with Gasteiger partial charge in [-0.05, 0) is 49.1 Å². The molecule has 4 rings (SSSR count). The van der Waals surface area contributed by atoms with Crippen molar-refractivity contribution in [1.82, 2.24) is 9.80 Å². The third-order valence-electron chi connectivity index (χ3n) is 7.05. The largest absolute Gasteiger partial charge is 0.507 e. The molecule has 1 N–H and O–H groups in total. The van der Waals surface area contributed by atoms with Gasteiger partial charge in [-0.1, -0.05) is 31.2 Å². The number of carbonyl (C=O) groups excluding carboxylic acids is 1. The number of benzene rings is 2. The van der Waals surface area contributed by atoms with E-state index in [1.165, 1.54) is 11.1 Å². The van der Waals surface area contributed by atoms with Gasteiger partial charge in [0.05, 0.1) is 19.8 Å². The van der Waals surface area contributed by atoms with Crippen molar-refractivity contribution in [2.75, 3.05) is 40.9 Å². The Balaban J connectivity index is 1.80. The lowest BCUT2D eigenvalue weighted by atomic mass is 9.83. The summed E-state index contributed by atoms with van der Waals surface area (Å²) < 4.78 is 11.2. The van der Waals surface area contributed by atoms with E-state index >= 15 is 0 Å². The highest BCUT2D eigenvalue weighted by Crippen LogP contribution is 2.46. The van der Waals surface area contributed by atoms with Crippen LogP contribution >= 0.6 is 0 Å². The maximum Gasteiger partial charge on any atom is 0.157 e. The first-order chi connectivity index (χ1) is 16.0. The maximum absolute atomic E-state index is 12.1. The van der Waals surface area contributed by atoms with Gasteiger partial charge in [0, 0.05) is 43.3 Å². The summed E-state index contributed by atoms with van der Waals surface area (Å²) in [6, 6.07) is 6.28. The van der Waals surface area contributed by atoms with E-state index < -0.39 is 0 Å². The Labute approximate surface area is 196 Å². The van der Waals surface area contributed by atoms with Crippen LogP contribution in [0, 0.1) is 0 Å². The Bertz CT molecular complexity index is 1050. The van der Waals surface area contributed by atoms with Gasteiger partial charge in [-0.2, -0.15) is 0 Å². The van der Waals surface area contributed by atoms with Gasteiger partial charge in [0.25, 0.3) is 0 Å². The molecule has 0 bridgehead atoms. The van der Waals surface area contributed by atoms with Gasteiger partial charge < -0.3 is 14.6 Å². The molecule has 2 heterocycles. The van der Waals surface area contributed by atoms with Gasteiger partial charge >= 0.3 is 0 Å². The minimum Gasteiger partial charge on any atom is -0.507 e. The van der Waals surface area contributed by atoms with Crippen LogP contribution in [0.15, 0.2) is 30.4 Å². The molecule has 6 heteroatoms. The van der Waals surface area contributed by atoms with Gasteiger partial charge in [0.15, 0.2) is 6.29 Å². The van der Waals surface area contributed by atoms with E-state index in [2.05, 4.69) is 48.1 Å². The Morgan fingerprint density at radius 2 is 1.94 bits per heavy atom. The molecule has 2 aliphatic heterocycles. The Morgan fingerprint density at radius 1 is 1.18 bits per heavy atom. The van der Waals surface area contributed by atoms with Crippen LogP contribution in [0.5, 0.6) is 17.2 Å². The van der Waals surface area contributed by atoms with Crippen molar-refractivity contribution in [3.8, 4) is 17.2 Å². The molecule has 0 saturated heterocycles. The molecule has 0 saturated carbocycles. The number of fused-ring (bicyclic) bond motifs is 1. The van der Waals surface area contributed by atoms with Crippen molar-refractivity contribution in [2.45, 2.75) is 38.8 Å². The quantitative estimate of drug-likeness (QED) is 0.486. The number of likely N-dealkylation sites (N-methyl/N-ethyl adjacent to an activating group) is 1. The first kappa shape index (κ1) is 23.3. The molecule has 1 unspecified atom stereocenters. The number of phenolic OH excluding ortho intramolecular Hbond substituents is 1. The predicted molar refractivity (Wildman–Crippen MR) is 130 cm³/mol. The molecule has 2 aliphatic rings. The normalized spacial score (nSPS) is 18.4. The number of aryl methyl sites for hydroxylation is 1. The second-order valence-corrected chi connectivity index (χ2v) is 8.90. The van der Waals surface area contributed by atoms with Gasteiger partial charge in [-0.15, -0.1) is 0 Å². The molecule has 2 aromatic rings. The smallest absolute Gasteiger partial charge is 0.157 e. The number of aromatic hydroxyl groups is 1. The van der Waals surface area contributed by atoms with E-state index in [9.17, 15) is 9.90 Å². The Kier molecular flexibility index (Phi) is 7.05. The Hall–Kier alpha value is -2.83. The zero-order valence-corrected chi connectivity index (χ0v) is 20.1. The number of hydrogen-bond acceptors (Lipinski definition) is 6. The molecule has 2 aromatic carbocycles. The number of nitrogens with zero attached hydrogens (tertiary/aromatic N) is 2. The van der Waals surface area contributed by atoms with Crippen LogP contribution in [0.4, 0.5) is 0 Å². The monoisotopic (exact) mass is 450 g/mol. The summed E-state index contributed by atoms with van der Waals surface area (Å²) in [5.41, 5.74) is 5.62. The standard InChI is InChI=1S/C27H34N2O4/c1-5-19-14-18(8-9-24(19)32-3)15-23-25-20(10-13-28(23)2)21(16-29-11-6-7-12-29)27(33-4)22(17-30)26(25)31/h6-9,14,17,23,31H,5,10-13,15-16H2,1-4H3. The fourth-order valence-electron chi connectivity index (χ4n) is 5.27. The van der Waals surface area contributed by atoms with Crippen LogP contribution in [0.25, 0.3) is 0 Å². The van der Waals surface area contributed by atoms with Crippen LogP contribution < -0.4 is 9.47 Å². The first-order valence-electron chi connectivity index (χ1n) is 11.6. The minimum absolute atomic E-state index is 0.0353. The molecule has 6 nitrogen and oxygen atoms in total. The van der Waals surface area contributed by atoms with Gasteiger partial charge in [-0.3, -0.25) is 14.6 Å². The van der Waals surface area contributed by atoms with Crippen molar-refractivity contribution in [1.29, 1.82) is 0 Å². The molecule has 0 radical (unpaired) electrons. The van der Waals surface area contributed by atoms with Crippen molar-refractivity contribution >= 4 is 6.29 Å². The first-order valence-corrected chi connectivity index (χ1v) is 11.6. The molecule has 0 aromatic heterocycles. The summed E-state index contributed by atoms with van der Waals surface area (Å²) in [6.45, 7) is 5.45. The predicted octanol–water partition coefficient (Wildman–Crippen LogP) is 3.93. The lowest BCUT2D eigenvalue weighted by Gasteiger charge is -2.38. The number of ether oxygens (including phenoxy) is 2. The van der Waals surface area contributed by atoms with E-state index in [4.69, 9.17) is 9.47 Å². The number of phenols is 1. The van der Waals surface area contributed by atoms with E-state index in [0.717, 1.165) is 67.6 Å². The van der Waals surface area contributed by atoms with Crippen LogP contribution in [0.3, 0.4) is 0 Å². The summed E-state index contributed by atoms with van der Waals surface area (Å²) >= 11 is 0. The average Bonchev–Trinajstić information content (AvgIpc) is 3.35. The highest BCUT2D eigenvalue weighted by molar-refractivity contribution is 5.86. The number of methoxy groups -OCH3 is 2. The summed E-state index contributed by atoms with van der Waals surface area (Å²) in [6.07, 6.45) is 7.49. The van der Waals surface area contributed by atoms with Gasteiger partial charge in [-0.25, -0.2) is 0 Å². The maximum atomic E-state index is 12.1. The third kappa shape index (κ3) is 4.37. The number of aldehydes is 1. The number of carbonyl (C=O) groups is 1. The third-order valence-corrected chi connectivity index (χ3v) is 7.05. The van der Waals surface area contributed by atoms with Crippen LogP contribution in [0.2, 0.25) is 0 Å². The highest BCUT2D eigenvalue weighted by atomic mass is 16.5. The molecular formula is C27H34N2O4. The SMILES string of the molecule is CCc1cc(CC2c3c(O)c(C=O)c(OC)c(CN4CC=CC4)c3CCN2C)ccc1OC. The summed E-state index contributed by atoms with van der Waals surface area (Å²) in [4.78, 5) is 16.7. The minimum atomic E-state index is -0.0353.